The molecule has 0 unspecified atom stereocenters. The van der Waals surface area contributed by atoms with Crippen molar-refractivity contribution in [2.75, 3.05) is 0 Å². The number of benzene rings is 5. The van der Waals surface area contributed by atoms with E-state index in [-0.39, 0.29) is 0 Å². The highest BCUT2D eigenvalue weighted by atomic mass is 16.3. The van der Waals surface area contributed by atoms with Crippen LogP contribution in [0.3, 0.4) is 0 Å². The molecule has 262 valence electrons. The van der Waals surface area contributed by atoms with E-state index in [2.05, 4.69) is 129 Å². The third-order valence-corrected chi connectivity index (χ3v) is 11.1. The number of rotatable bonds is 5. The van der Waals surface area contributed by atoms with Crippen LogP contribution in [0.4, 0.5) is 0 Å². The third kappa shape index (κ3) is 4.55. The van der Waals surface area contributed by atoms with E-state index in [1.807, 2.05) is 48.9 Å². The summed E-state index contributed by atoms with van der Waals surface area (Å²) in [6.45, 7) is 0. The van der Waals surface area contributed by atoms with Gasteiger partial charge in [0.1, 0.15) is 22.8 Å². The second kappa shape index (κ2) is 11.9. The van der Waals surface area contributed by atoms with Crippen LogP contribution in [0.1, 0.15) is 0 Å². The SMILES string of the molecule is c1ccc(-c2ccnc(-n3c4ccc(-c5cc(-c6ccncc6)nc(-n6c7ccccc7c7ccc8occc8c76)c5)cc4c4ccc5occc5c43)c2)cc1. The zero-order valence-corrected chi connectivity index (χ0v) is 29.8. The lowest BCUT2D eigenvalue weighted by molar-refractivity contribution is 0.615. The van der Waals surface area contributed by atoms with Gasteiger partial charge in [0, 0.05) is 56.5 Å². The normalized spacial score (nSPS) is 11.9. The molecule has 7 heterocycles. The maximum Gasteiger partial charge on any atom is 0.138 e. The fourth-order valence-electron chi connectivity index (χ4n) is 8.53. The lowest BCUT2D eigenvalue weighted by Gasteiger charge is -2.13. The fourth-order valence-corrected chi connectivity index (χ4v) is 8.53. The van der Waals surface area contributed by atoms with Gasteiger partial charge >= 0.3 is 0 Å². The van der Waals surface area contributed by atoms with Gasteiger partial charge in [-0.15, -0.1) is 0 Å². The highest BCUT2D eigenvalue weighted by Crippen LogP contribution is 2.41. The van der Waals surface area contributed by atoms with Crippen molar-refractivity contribution in [3.8, 4) is 45.1 Å². The van der Waals surface area contributed by atoms with Crippen molar-refractivity contribution in [1.82, 2.24) is 24.1 Å². The first-order valence-electron chi connectivity index (χ1n) is 18.6. The molecule has 7 nitrogen and oxygen atoms in total. The van der Waals surface area contributed by atoms with Crippen molar-refractivity contribution >= 4 is 65.6 Å². The van der Waals surface area contributed by atoms with Gasteiger partial charge in [-0.2, -0.15) is 0 Å². The molecule has 0 aliphatic heterocycles. The molecule has 7 aromatic heterocycles. The summed E-state index contributed by atoms with van der Waals surface area (Å²) < 4.78 is 16.4. The Hall–Kier alpha value is -7.77. The Balaban J connectivity index is 1.12. The molecule has 5 aromatic carbocycles. The Morgan fingerprint density at radius 3 is 1.82 bits per heavy atom. The van der Waals surface area contributed by atoms with Crippen LogP contribution in [0, 0.1) is 0 Å². The summed E-state index contributed by atoms with van der Waals surface area (Å²) >= 11 is 0. The largest absolute Gasteiger partial charge is 0.464 e. The molecule has 12 aromatic rings. The zero-order chi connectivity index (χ0) is 36.7. The van der Waals surface area contributed by atoms with Crippen LogP contribution in [-0.4, -0.2) is 24.1 Å². The smallest absolute Gasteiger partial charge is 0.138 e. The minimum Gasteiger partial charge on any atom is -0.464 e. The van der Waals surface area contributed by atoms with Crippen LogP contribution in [-0.2, 0) is 0 Å². The van der Waals surface area contributed by atoms with Gasteiger partial charge in [0.15, 0.2) is 0 Å². The predicted octanol–water partition coefficient (Wildman–Crippen LogP) is 12.6. The number of hydrogen-bond donors (Lipinski definition) is 0. The summed E-state index contributed by atoms with van der Waals surface area (Å²) in [5.41, 5.74) is 12.1. The van der Waals surface area contributed by atoms with Gasteiger partial charge in [0.2, 0.25) is 0 Å². The maximum absolute atomic E-state index is 5.93. The van der Waals surface area contributed by atoms with Gasteiger partial charge in [-0.25, -0.2) is 9.97 Å². The van der Waals surface area contributed by atoms with Crippen molar-refractivity contribution < 1.29 is 8.83 Å². The van der Waals surface area contributed by atoms with E-state index in [1.54, 1.807) is 12.5 Å². The van der Waals surface area contributed by atoms with E-state index in [9.17, 15) is 0 Å². The quantitative estimate of drug-likeness (QED) is 0.177. The maximum atomic E-state index is 5.93. The van der Waals surface area contributed by atoms with Gasteiger partial charge in [-0.3, -0.25) is 14.1 Å². The second-order valence-corrected chi connectivity index (χ2v) is 14.1. The molecule has 0 atom stereocenters. The van der Waals surface area contributed by atoms with Crippen LogP contribution in [0.5, 0.6) is 0 Å². The molecule has 0 bridgehead atoms. The molecule has 0 fully saturated rings. The molecule has 0 spiro atoms. The van der Waals surface area contributed by atoms with Gasteiger partial charge in [0.25, 0.3) is 0 Å². The van der Waals surface area contributed by atoms with Crippen molar-refractivity contribution in [2.45, 2.75) is 0 Å². The van der Waals surface area contributed by atoms with Crippen molar-refractivity contribution in [2.24, 2.45) is 0 Å². The average Bonchev–Trinajstić information content (AvgIpc) is 4.07. The molecule has 0 radical (unpaired) electrons. The fraction of sp³-hybridized carbons (Fsp3) is 0. The molecule has 0 aliphatic carbocycles. The van der Waals surface area contributed by atoms with Crippen LogP contribution in [0.25, 0.3) is 111 Å². The summed E-state index contributed by atoms with van der Waals surface area (Å²) in [4.78, 5) is 14.6. The molecule has 12 rings (SSSR count). The molecule has 0 saturated carbocycles. The predicted molar refractivity (Wildman–Crippen MR) is 224 cm³/mol. The number of furan rings is 2. The van der Waals surface area contributed by atoms with Gasteiger partial charge in [0.05, 0.1) is 40.3 Å². The second-order valence-electron chi connectivity index (χ2n) is 14.1. The lowest BCUT2D eigenvalue weighted by Crippen LogP contribution is -2.00. The summed E-state index contributed by atoms with van der Waals surface area (Å²) in [5, 5.41) is 6.63. The van der Waals surface area contributed by atoms with Crippen LogP contribution in [0.15, 0.2) is 186 Å². The molecule has 0 N–H and O–H groups in total. The van der Waals surface area contributed by atoms with E-state index in [1.165, 1.54) is 0 Å². The molecular formula is C49H29N5O2. The number of fused-ring (bicyclic) bond motifs is 10. The van der Waals surface area contributed by atoms with Gasteiger partial charge < -0.3 is 8.83 Å². The molecule has 7 heteroatoms. The van der Waals surface area contributed by atoms with E-state index < -0.39 is 0 Å². The Morgan fingerprint density at radius 2 is 1.04 bits per heavy atom. The highest BCUT2D eigenvalue weighted by molar-refractivity contribution is 6.19. The first-order chi connectivity index (χ1) is 27.8. The van der Waals surface area contributed by atoms with Crippen molar-refractivity contribution in [3.05, 3.63) is 177 Å². The molecule has 0 amide bonds. The van der Waals surface area contributed by atoms with E-state index in [0.717, 1.165) is 111 Å². The topological polar surface area (TPSA) is 74.8 Å². The Morgan fingerprint density at radius 1 is 0.393 bits per heavy atom. The van der Waals surface area contributed by atoms with E-state index in [0.29, 0.717) is 0 Å². The molecule has 0 aliphatic rings. The summed E-state index contributed by atoms with van der Waals surface area (Å²) in [7, 11) is 0. The Kier molecular flexibility index (Phi) is 6.50. The van der Waals surface area contributed by atoms with Crippen LogP contribution in [0.2, 0.25) is 0 Å². The van der Waals surface area contributed by atoms with Crippen molar-refractivity contribution in [1.29, 1.82) is 0 Å². The summed E-state index contributed by atoms with van der Waals surface area (Å²) in [6.07, 6.45) is 9.05. The van der Waals surface area contributed by atoms with E-state index in [4.69, 9.17) is 18.8 Å². The zero-order valence-electron chi connectivity index (χ0n) is 29.8. The summed E-state index contributed by atoms with van der Waals surface area (Å²) in [6, 6.07) is 50.9. The lowest BCUT2D eigenvalue weighted by atomic mass is 10.0. The van der Waals surface area contributed by atoms with Crippen LogP contribution >= 0.6 is 0 Å². The minimum absolute atomic E-state index is 0.818. The van der Waals surface area contributed by atoms with Crippen LogP contribution < -0.4 is 0 Å². The van der Waals surface area contributed by atoms with Gasteiger partial charge in [-0.1, -0.05) is 54.6 Å². The minimum atomic E-state index is 0.818. The van der Waals surface area contributed by atoms with Gasteiger partial charge in [-0.05, 0) is 113 Å². The first-order valence-corrected chi connectivity index (χ1v) is 18.6. The van der Waals surface area contributed by atoms with Crippen molar-refractivity contribution in [3.63, 3.8) is 0 Å². The molecular weight excluding hydrogens is 691 g/mol. The number of para-hydroxylation sites is 1. The summed E-state index contributed by atoms with van der Waals surface area (Å²) in [5.74, 6) is 1.66. The Bertz CT molecular complexity index is 3480. The van der Waals surface area contributed by atoms with E-state index >= 15 is 0 Å². The third-order valence-electron chi connectivity index (χ3n) is 11.1. The molecule has 0 saturated heterocycles. The standard InChI is InChI=1S/C49H29N5O2/c1-2-6-30(7-3-1)33-18-23-51-46(28-33)53-43-13-10-32(26-40(43)37-12-15-45-39(49(37)53)20-25-56-45)34-27-41(31-16-21-50-22-17-31)52-47(29-34)54-42-9-5-4-8-35(42)36-11-14-44-38(48(36)54)19-24-55-44/h1-29H. The monoisotopic (exact) mass is 719 g/mol. The average molecular weight is 720 g/mol. The number of hydrogen-bond acceptors (Lipinski definition) is 5. The number of aromatic nitrogens is 5. The first kappa shape index (κ1) is 30.7. The number of pyridine rings is 3. The Labute approximate surface area is 319 Å². The molecule has 56 heavy (non-hydrogen) atoms. The highest BCUT2D eigenvalue weighted by Gasteiger charge is 2.21. The number of nitrogens with zero attached hydrogens (tertiary/aromatic N) is 5.